The number of likely N-dealkylation sites (N-methyl/N-ethyl adjacent to an activating group) is 1. The maximum absolute atomic E-state index is 12.2. The quantitative estimate of drug-likeness (QED) is 0.873. The lowest BCUT2D eigenvalue weighted by molar-refractivity contribution is -0.116. The monoisotopic (exact) mass is 339 g/mol. The number of ether oxygens (including phenoxy) is 1. The van der Waals surface area contributed by atoms with Crippen molar-refractivity contribution in [2.75, 3.05) is 18.9 Å². The molecule has 1 aromatic heterocycles. The van der Waals surface area contributed by atoms with Gasteiger partial charge in [-0.15, -0.1) is 0 Å². The molecule has 9 heteroatoms. The van der Waals surface area contributed by atoms with Crippen LogP contribution < -0.4 is 10.1 Å². The number of benzene rings is 1. The summed E-state index contributed by atoms with van der Waals surface area (Å²) in [4.78, 5) is 25.3. The lowest BCUT2D eigenvalue weighted by atomic mass is 10.2. The maximum atomic E-state index is 12.2. The number of amides is 2. The molecule has 0 fully saturated rings. The molecule has 0 bridgehead atoms. The predicted molar refractivity (Wildman–Crippen MR) is 79.9 cm³/mol. The summed E-state index contributed by atoms with van der Waals surface area (Å²) in [6.07, 6.45) is 0. The Balaban J connectivity index is 1.97. The molecule has 1 aromatic carbocycles. The third kappa shape index (κ3) is 4.77. The fourth-order valence-electron chi connectivity index (χ4n) is 1.92. The van der Waals surface area contributed by atoms with Gasteiger partial charge in [0.25, 0.3) is 5.91 Å². The molecular weight excluding hydrogens is 324 g/mol. The molecule has 2 amide bonds. The summed E-state index contributed by atoms with van der Waals surface area (Å²) in [5.41, 5.74) is 0.126. The molecule has 7 nitrogen and oxygen atoms in total. The van der Waals surface area contributed by atoms with E-state index in [0.29, 0.717) is 5.76 Å². The van der Waals surface area contributed by atoms with Gasteiger partial charge >= 0.3 is 6.61 Å². The highest BCUT2D eigenvalue weighted by molar-refractivity contribution is 5.99. The summed E-state index contributed by atoms with van der Waals surface area (Å²) in [6, 6.07) is 6.88. The number of anilines is 1. The molecular formula is C15H15F2N3O4. The number of nitrogens with zero attached hydrogens (tertiary/aromatic N) is 2. The van der Waals surface area contributed by atoms with Crippen molar-refractivity contribution in [3.05, 3.63) is 41.7 Å². The minimum Gasteiger partial charge on any atom is -0.435 e. The third-order valence-electron chi connectivity index (χ3n) is 2.93. The second kappa shape index (κ2) is 7.53. The van der Waals surface area contributed by atoms with Crippen LogP contribution in [0.3, 0.4) is 0 Å². The van der Waals surface area contributed by atoms with Gasteiger partial charge in [0.15, 0.2) is 5.82 Å². The molecule has 0 radical (unpaired) electrons. The van der Waals surface area contributed by atoms with Gasteiger partial charge in [-0.2, -0.15) is 8.78 Å². The standard InChI is InChI=1S/C15H15F2N3O4/c1-9-6-12(19-24-9)18-13(21)8-20(2)14(22)10-4-3-5-11(7-10)23-15(16)17/h3-7,15H,8H2,1-2H3,(H,18,19,21). The zero-order valence-corrected chi connectivity index (χ0v) is 13.0. The smallest absolute Gasteiger partial charge is 0.387 e. The van der Waals surface area contributed by atoms with E-state index in [1.807, 2.05) is 0 Å². The van der Waals surface area contributed by atoms with Crippen molar-refractivity contribution >= 4 is 17.6 Å². The van der Waals surface area contributed by atoms with E-state index in [4.69, 9.17) is 4.52 Å². The van der Waals surface area contributed by atoms with Gasteiger partial charge in [0.05, 0.1) is 6.54 Å². The Labute approximate surface area is 136 Å². The number of hydrogen-bond donors (Lipinski definition) is 1. The molecule has 1 heterocycles. The van der Waals surface area contributed by atoms with Gasteiger partial charge in [-0.25, -0.2) is 0 Å². The average molecular weight is 339 g/mol. The van der Waals surface area contributed by atoms with Gasteiger partial charge in [0.1, 0.15) is 11.5 Å². The van der Waals surface area contributed by atoms with Crippen LogP contribution in [0.5, 0.6) is 5.75 Å². The minimum absolute atomic E-state index is 0.126. The molecule has 24 heavy (non-hydrogen) atoms. The van der Waals surface area contributed by atoms with Crippen LogP contribution in [0.1, 0.15) is 16.1 Å². The van der Waals surface area contributed by atoms with Gasteiger partial charge in [-0.05, 0) is 25.1 Å². The predicted octanol–water partition coefficient (Wildman–Crippen LogP) is 2.30. The number of aromatic nitrogens is 1. The number of carbonyl (C=O) groups is 2. The van der Waals surface area contributed by atoms with Crippen molar-refractivity contribution in [1.29, 1.82) is 0 Å². The third-order valence-corrected chi connectivity index (χ3v) is 2.93. The summed E-state index contributed by atoms with van der Waals surface area (Å²) >= 11 is 0. The highest BCUT2D eigenvalue weighted by Crippen LogP contribution is 2.17. The Kier molecular flexibility index (Phi) is 5.46. The number of halogens is 2. The van der Waals surface area contributed by atoms with Gasteiger partial charge in [0, 0.05) is 18.7 Å². The lowest BCUT2D eigenvalue weighted by Gasteiger charge is -2.16. The summed E-state index contributed by atoms with van der Waals surface area (Å²) in [5, 5.41) is 6.08. The Morgan fingerprint density at radius 3 is 2.75 bits per heavy atom. The van der Waals surface area contributed by atoms with Crippen LogP contribution in [-0.2, 0) is 4.79 Å². The molecule has 0 unspecified atom stereocenters. The van der Waals surface area contributed by atoms with Crippen molar-refractivity contribution in [3.63, 3.8) is 0 Å². The van der Waals surface area contributed by atoms with E-state index in [0.717, 1.165) is 4.90 Å². The van der Waals surface area contributed by atoms with Crippen molar-refractivity contribution in [3.8, 4) is 5.75 Å². The molecule has 0 atom stereocenters. The van der Waals surface area contributed by atoms with Crippen LogP contribution in [0.15, 0.2) is 34.9 Å². The van der Waals surface area contributed by atoms with Gasteiger partial charge in [0.2, 0.25) is 5.91 Å². The molecule has 0 spiro atoms. The number of nitrogens with one attached hydrogen (secondary N) is 1. The van der Waals surface area contributed by atoms with E-state index < -0.39 is 18.4 Å². The Hall–Kier alpha value is -2.97. The first kappa shape index (κ1) is 17.4. The Morgan fingerprint density at radius 2 is 2.12 bits per heavy atom. The van der Waals surface area contributed by atoms with Crippen LogP contribution in [-0.4, -0.2) is 42.1 Å². The lowest BCUT2D eigenvalue weighted by Crippen LogP contribution is -2.35. The number of aryl methyl sites for hydroxylation is 1. The Morgan fingerprint density at radius 1 is 1.38 bits per heavy atom. The summed E-state index contributed by atoms with van der Waals surface area (Å²) in [6.45, 7) is -1.55. The van der Waals surface area contributed by atoms with Crippen molar-refractivity contribution < 1.29 is 27.6 Å². The second-order valence-electron chi connectivity index (χ2n) is 4.94. The SMILES string of the molecule is Cc1cc(NC(=O)CN(C)C(=O)c2cccc(OC(F)F)c2)no1. The fraction of sp³-hybridized carbons (Fsp3) is 0.267. The van der Waals surface area contributed by atoms with Crippen LogP contribution in [0.2, 0.25) is 0 Å². The first-order valence-electron chi connectivity index (χ1n) is 6.88. The molecule has 2 aromatic rings. The molecule has 0 aliphatic rings. The fourth-order valence-corrected chi connectivity index (χ4v) is 1.92. The van der Waals surface area contributed by atoms with Crippen LogP contribution in [0.4, 0.5) is 14.6 Å². The highest BCUT2D eigenvalue weighted by atomic mass is 19.3. The molecule has 0 aliphatic heterocycles. The van der Waals surface area contributed by atoms with Gasteiger partial charge in [-0.3, -0.25) is 9.59 Å². The van der Waals surface area contributed by atoms with E-state index in [1.165, 1.54) is 37.4 Å². The number of alkyl halides is 2. The molecule has 0 saturated heterocycles. The average Bonchev–Trinajstić information content (AvgIpc) is 2.90. The zero-order valence-electron chi connectivity index (χ0n) is 13.0. The molecule has 0 aliphatic carbocycles. The van der Waals surface area contributed by atoms with Crippen LogP contribution in [0, 0.1) is 6.92 Å². The zero-order chi connectivity index (χ0) is 17.7. The Bertz CT molecular complexity index is 733. The minimum atomic E-state index is -2.98. The van der Waals surface area contributed by atoms with E-state index in [9.17, 15) is 18.4 Å². The second-order valence-corrected chi connectivity index (χ2v) is 4.94. The normalized spacial score (nSPS) is 10.5. The topological polar surface area (TPSA) is 84.7 Å². The van der Waals surface area contributed by atoms with Crippen molar-refractivity contribution in [2.24, 2.45) is 0 Å². The molecule has 0 saturated carbocycles. The van der Waals surface area contributed by atoms with Crippen molar-refractivity contribution in [2.45, 2.75) is 13.5 Å². The number of hydrogen-bond acceptors (Lipinski definition) is 5. The van der Waals surface area contributed by atoms with Crippen molar-refractivity contribution in [1.82, 2.24) is 10.1 Å². The number of carbonyl (C=O) groups excluding carboxylic acids is 2. The molecule has 1 N–H and O–H groups in total. The first-order chi connectivity index (χ1) is 11.3. The van der Waals surface area contributed by atoms with Crippen LogP contribution >= 0.6 is 0 Å². The summed E-state index contributed by atoms with van der Waals surface area (Å²) in [5.74, 6) is -0.344. The molecule has 128 valence electrons. The van der Waals surface area contributed by atoms with E-state index in [-0.39, 0.29) is 23.7 Å². The molecule has 2 rings (SSSR count). The van der Waals surface area contributed by atoms with E-state index in [1.54, 1.807) is 6.92 Å². The van der Waals surface area contributed by atoms with Gasteiger partial charge < -0.3 is 19.5 Å². The maximum Gasteiger partial charge on any atom is 0.387 e. The number of rotatable bonds is 6. The summed E-state index contributed by atoms with van der Waals surface area (Å²) in [7, 11) is 1.41. The van der Waals surface area contributed by atoms with E-state index in [2.05, 4.69) is 15.2 Å². The summed E-state index contributed by atoms with van der Waals surface area (Å²) < 4.78 is 33.5. The van der Waals surface area contributed by atoms with Gasteiger partial charge in [-0.1, -0.05) is 11.2 Å². The van der Waals surface area contributed by atoms with E-state index >= 15 is 0 Å². The largest absolute Gasteiger partial charge is 0.435 e. The highest BCUT2D eigenvalue weighted by Gasteiger charge is 2.17. The van der Waals surface area contributed by atoms with Crippen LogP contribution in [0.25, 0.3) is 0 Å². The first-order valence-corrected chi connectivity index (χ1v) is 6.88.